The second-order valence-electron chi connectivity index (χ2n) is 6.87. The molecule has 0 aromatic heterocycles. The summed E-state index contributed by atoms with van der Waals surface area (Å²) >= 11 is 0. The molecule has 0 aliphatic carbocycles. The fourth-order valence-corrected chi connectivity index (χ4v) is 6.49. The number of hydrogen-bond donors (Lipinski definition) is 0. The van der Waals surface area contributed by atoms with E-state index < -0.39 is 17.5 Å². The topological polar surface area (TPSA) is 21.7 Å². The van der Waals surface area contributed by atoms with E-state index in [1.54, 1.807) is 0 Å². The SMILES string of the molecule is CCO[SiH](CCCN(CC)[Si](C)(C)C(C)(C)C)OCC. The predicted molar refractivity (Wildman–Crippen MR) is 94.3 cm³/mol. The molecule has 0 aliphatic heterocycles. The van der Waals surface area contributed by atoms with Gasteiger partial charge in [-0.3, -0.25) is 0 Å². The Labute approximate surface area is 130 Å². The summed E-state index contributed by atoms with van der Waals surface area (Å²) in [5.41, 5.74) is 0. The van der Waals surface area contributed by atoms with Gasteiger partial charge in [0.1, 0.15) is 8.24 Å². The van der Waals surface area contributed by atoms with Crippen LogP contribution in [0.1, 0.15) is 48.0 Å². The summed E-state index contributed by atoms with van der Waals surface area (Å²) in [5.74, 6) is 0. The fraction of sp³-hybridized carbons (Fsp3) is 1.00. The highest BCUT2D eigenvalue weighted by Gasteiger charge is 2.39. The molecule has 20 heavy (non-hydrogen) atoms. The zero-order valence-electron chi connectivity index (χ0n) is 15.1. The average Bonchev–Trinajstić information content (AvgIpc) is 2.33. The van der Waals surface area contributed by atoms with Crippen LogP contribution in [0.2, 0.25) is 24.2 Å². The zero-order chi connectivity index (χ0) is 15.8. The van der Waals surface area contributed by atoms with Gasteiger partial charge in [-0.05, 0) is 44.4 Å². The van der Waals surface area contributed by atoms with Crippen LogP contribution < -0.4 is 0 Å². The lowest BCUT2D eigenvalue weighted by Gasteiger charge is -2.45. The molecule has 0 bridgehead atoms. The maximum atomic E-state index is 5.76. The van der Waals surface area contributed by atoms with Gasteiger partial charge in [-0.25, -0.2) is 0 Å². The van der Waals surface area contributed by atoms with Gasteiger partial charge in [0.25, 0.3) is 0 Å². The van der Waals surface area contributed by atoms with Crippen molar-refractivity contribution in [1.29, 1.82) is 0 Å². The van der Waals surface area contributed by atoms with Crippen molar-refractivity contribution in [1.82, 2.24) is 4.57 Å². The first-order valence-electron chi connectivity index (χ1n) is 8.18. The normalized spacial score (nSPS) is 13.5. The summed E-state index contributed by atoms with van der Waals surface area (Å²) in [6.07, 6.45) is 1.21. The maximum absolute atomic E-state index is 5.76. The molecule has 0 rings (SSSR count). The van der Waals surface area contributed by atoms with Crippen molar-refractivity contribution in [3.05, 3.63) is 0 Å². The minimum absolute atomic E-state index is 0.416. The Morgan fingerprint density at radius 2 is 1.50 bits per heavy atom. The summed E-state index contributed by atoms with van der Waals surface area (Å²) in [6, 6.07) is 1.13. The minimum atomic E-state index is -1.41. The number of nitrogens with zero attached hydrogens (tertiary/aromatic N) is 1. The third-order valence-corrected chi connectivity index (χ3v) is 12.7. The molecule has 0 aromatic carbocycles. The van der Waals surface area contributed by atoms with Crippen molar-refractivity contribution in [3.63, 3.8) is 0 Å². The van der Waals surface area contributed by atoms with Crippen molar-refractivity contribution in [3.8, 4) is 0 Å². The first-order chi connectivity index (χ1) is 9.20. The first-order valence-corrected chi connectivity index (χ1v) is 12.9. The van der Waals surface area contributed by atoms with Crippen LogP contribution in [0.25, 0.3) is 0 Å². The molecule has 0 atom stereocenters. The van der Waals surface area contributed by atoms with E-state index in [2.05, 4.69) is 59.2 Å². The lowest BCUT2D eigenvalue weighted by molar-refractivity contribution is 0.212. The molecule has 0 saturated carbocycles. The molecule has 0 radical (unpaired) electrons. The van der Waals surface area contributed by atoms with Crippen LogP contribution in [0.4, 0.5) is 0 Å². The molecule has 0 amide bonds. The van der Waals surface area contributed by atoms with Crippen molar-refractivity contribution in [2.24, 2.45) is 0 Å². The highest BCUT2D eigenvalue weighted by atomic mass is 28.3. The Bertz CT molecular complexity index is 249. The van der Waals surface area contributed by atoms with Gasteiger partial charge in [-0.1, -0.05) is 40.8 Å². The molecule has 0 fully saturated rings. The highest BCUT2D eigenvalue weighted by Crippen LogP contribution is 2.38. The predicted octanol–water partition coefficient (Wildman–Crippen LogP) is 4.00. The molecule has 122 valence electrons. The Morgan fingerprint density at radius 3 is 1.85 bits per heavy atom. The summed E-state index contributed by atoms with van der Waals surface area (Å²) < 4.78 is 14.3. The lowest BCUT2D eigenvalue weighted by atomic mass is 10.2. The first kappa shape index (κ1) is 20.3. The van der Waals surface area contributed by atoms with Gasteiger partial charge in [0.05, 0.1) is 0 Å². The van der Waals surface area contributed by atoms with Crippen molar-refractivity contribution in [2.75, 3.05) is 26.3 Å². The molecular formula is C15H37NO2Si2. The van der Waals surface area contributed by atoms with E-state index in [0.717, 1.165) is 25.8 Å². The molecular weight excluding hydrogens is 282 g/mol. The summed E-state index contributed by atoms with van der Waals surface area (Å²) in [7, 11) is -2.79. The van der Waals surface area contributed by atoms with Gasteiger partial charge in [0.15, 0.2) is 0 Å². The average molecular weight is 320 g/mol. The van der Waals surface area contributed by atoms with Crippen LogP contribution >= 0.6 is 0 Å². The van der Waals surface area contributed by atoms with E-state index in [4.69, 9.17) is 8.85 Å². The highest BCUT2D eigenvalue weighted by molar-refractivity contribution is 6.77. The summed E-state index contributed by atoms with van der Waals surface area (Å²) in [4.78, 5) is 0. The molecule has 0 heterocycles. The van der Waals surface area contributed by atoms with Crippen molar-refractivity contribution < 1.29 is 8.85 Å². The Balaban J connectivity index is 4.38. The van der Waals surface area contributed by atoms with Gasteiger partial charge in [-0.2, -0.15) is 0 Å². The van der Waals surface area contributed by atoms with E-state index in [9.17, 15) is 0 Å². The van der Waals surface area contributed by atoms with Crippen LogP contribution in [-0.4, -0.2) is 48.4 Å². The van der Waals surface area contributed by atoms with Gasteiger partial charge in [0.2, 0.25) is 0 Å². The van der Waals surface area contributed by atoms with Crippen LogP contribution in [-0.2, 0) is 8.85 Å². The molecule has 0 saturated heterocycles. The van der Waals surface area contributed by atoms with Gasteiger partial charge in [0, 0.05) is 13.2 Å². The molecule has 0 N–H and O–H groups in total. The quantitative estimate of drug-likeness (QED) is 0.568. The third kappa shape index (κ3) is 6.39. The second-order valence-corrected chi connectivity index (χ2v) is 14.2. The van der Waals surface area contributed by atoms with Crippen molar-refractivity contribution >= 4 is 17.5 Å². The standard InChI is InChI=1S/C15H37NO2Si2/c1-9-16(20(7,8)15(4,5)6)13-12-14-19(17-10-2)18-11-3/h19H,9-14H2,1-8H3. The van der Waals surface area contributed by atoms with Gasteiger partial charge in [-0.15, -0.1) is 0 Å². The number of rotatable bonds is 10. The second kappa shape index (κ2) is 9.36. The minimum Gasteiger partial charge on any atom is -0.397 e. The zero-order valence-corrected chi connectivity index (χ0v) is 17.2. The lowest BCUT2D eigenvalue weighted by Crippen LogP contribution is -2.55. The largest absolute Gasteiger partial charge is 0.397 e. The summed E-state index contributed by atoms with van der Waals surface area (Å²) in [5, 5.41) is 0.416. The number of hydrogen-bond acceptors (Lipinski definition) is 3. The van der Waals surface area contributed by atoms with Gasteiger partial charge < -0.3 is 13.4 Å². The van der Waals surface area contributed by atoms with E-state index in [0.29, 0.717) is 5.04 Å². The fourth-order valence-electron chi connectivity index (χ4n) is 2.34. The molecule has 0 unspecified atom stereocenters. The molecule has 5 heteroatoms. The van der Waals surface area contributed by atoms with E-state index >= 15 is 0 Å². The van der Waals surface area contributed by atoms with E-state index in [-0.39, 0.29) is 0 Å². The van der Waals surface area contributed by atoms with Crippen molar-refractivity contribution in [2.45, 2.75) is 72.1 Å². The molecule has 0 spiro atoms. The van der Waals surface area contributed by atoms with Crippen LogP contribution in [0.15, 0.2) is 0 Å². The van der Waals surface area contributed by atoms with Crippen LogP contribution in [0.3, 0.4) is 0 Å². The van der Waals surface area contributed by atoms with E-state index in [1.807, 2.05) is 0 Å². The smallest absolute Gasteiger partial charge is 0.321 e. The molecule has 0 aliphatic rings. The van der Waals surface area contributed by atoms with E-state index in [1.165, 1.54) is 13.0 Å². The Kier molecular flexibility index (Phi) is 9.50. The van der Waals surface area contributed by atoms with Crippen LogP contribution in [0, 0.1) is 0 Å². The molecule has 3 nitrogen and oxygen atoms in total. The summed E-state index contributed by atoms with van der Waals surface area (Å²) in [6.45, 7) is 22.5. The monoisotopic (exact) mass is 319 g/mol. The van der Waals surface area contributed by atoms with Crippen LogP contribution in [0.5, 0.6) is 0 Å². The Morgan fingerprint density at radius 1 is 1.00 bits per heavy atom. The van der Waals surface area contributed by atoms with Gasteiger partial charge >= 0.3 is 9.28 Å². The third-order valence-electron chi connectivity index (χ3n) is 4.58. The molecule has 0 aromatic rings. The Hall–Kier alpha value is 0.314. The maximum Gasteiger partial charge on any atom is 0.321 e.